The first-order valence-electron chi connectivity index (χ1n) is 33.7. The van der Waals surface area contributed by atoms with Gasteiger partial charge in [-0.15, -0.1) is 11.6 Å². The summed E-state index contributed by atoms with van der Waals surface area (Å²) in [6, 6.07) is 27.3. The van der Waals surface area contributed by atoms with E-state index in [-0.39, 0.29) is 95.6 Å². The van der Waals surface area contributed by atoms with Crippen LogP contribution in [0.25, 0.3) is 0 Å². The van der Waals surface area contributed by atoms with E-state index in [4.69, 9.17) is 38.0 Å². The summed E-state index contributed by atoms with van der Waals surface area (Å²) in [6.45, 7) is 30.5. The molecule has 6 N–H and O–H groups in total. The summed E-state index contributed by atoms with van der Waals surface area (Å²) in [7, 11) is 1.58. The number of Topliss-reactive ketones (excluding diaryl/α,β-unsaturated/α-hetero) is 1. The van der Waals surface area contributed by atoms with E-state index in [0.717, 1.165) is 83.8 Å². The standard InChI is InChI=1S/C22H30N2O2.C14H16O3.C11H15Cl.C9H19NO.C9H14O4.C5H13N.C5H10O2.4CH4/c1-3-19(17-18(2)20-8-12-23-13-9-20)21-10-15-24(16-11-21)14-6-4-5-7-22(25)26;1-9(11-6-4-3-5-7-11)8-12-10(2)13(15)17-14(12)16;1-3-9(2)11-6-4-10(8-12)5-7-11;1-3-9(8(2)11)6-4-5-7-10;1-5(12-3)4-7-6(2)8(10)13-9(7)11;1-3-5(2)4-6;1-3-4(2)5(6)7;;;;/h8-13,15-16,18-19H,3-7,14,17H2,1-2H3;3-7,9-10,12H,8H2,1-2H3;4-7,9H,3,8H2,1-2H3;9H,3-7,10H2,1-2H3;5-7H,4H2,1-3H3;5H,3-4,6H2,1-2H3;4H,3H2,1-2H3,(H,6,7);4*1H4/p+1. The maximum Gasteiger partial charge on any atom is 0.317 e. The molecule has 4 aromatic rings. The normalized spacial score (nSPS) is 17.3. The van der Waals surface area contributed by atoms with Gasteiger partial charge < -0.3 is 35.9 Å². The number of aryl methyl sites for hydroxylation is 1. The molecule has 12 unspecified atom stereocenters. The molecule has 96 heavy (non-hydrogen) atoms. The van der Waals surface area contributed by atoms with Crippen molar-refractivity contribution in [3.8, 4) is 0 Å². The predicted molar refractivity (Wildman–Crippen MR) is 396 cm³/mol. The fraction of sp³-hybridized carbons (Fsp3) is 0.633. The summed E-state index contributed by atoms with van der Waals surface area (Å²) in [5.74, 6) is -0.526. The summed E-state index contributed by atoms with van der Waals surface area (Å²) >= 11 is 5.69. The molecule has 0 radical (unpaired) electrons. The maximum absolute atomic E-state index is 11.5. The molecule has 0 aliphatic carbocycles. The summed E-state index contributed by atoms with van der Waals surface area (Å²) < 4.78 is 16.4. The van der Waals surface area contributed by atoms with Crippen molar-refractivity contribution in [2.45, 2.75) is 265 Å². The van der Waals surface area contributed by atoms with Gasteiger partial charge in [-0.1, -0.05) is 180 Å². The predicted octanol–water partition coefficient (Wildman–Crippen LogP) is 18.3. The van der Waals surface area contributed by atoms with Crippen molar-refractivity contribution in [2.24, 2.45) is 52.9 Å². The van der Waals surface area contributed by atoms with Gasteiger partial charge in [0, 0.05) is 56.3 Å². The van der Waals surface area contributed by atoms with E-state index in [2.05, 4.69) is 135 Å². The van der Waals surface area contributed by atoms with E-state index in [9.17, 15) is 33.6 Å². The number of methoxy groups -OCH3 is 1. The van der Waals surface area contributed by atoms with Gasteiger partial charge in [0.1, 0.15) is 12.3 Å². The molecule has 6 rings (SSSR count). The number of carbonyl (C=O) groups is 7. The second kappa shape index (κ2) is 57.8. The van der Waals surface area contributed by atoms with Crippen molar-refractivity contribution < 1.29 is 62.6 Å². The van der Waals surface area contributed by atoms with E-state index in [0.29, 0.717) is 48.2 Å². The number of hydrogen-bond acceptors (Lipinski definition) is 13. The molecule has 0 spiro atoms. The zero-order valence-electron chi connectivity index (χ0n) is 58.6. The van der Waals surface area contributed by atoms with Crippen LogP contribution in [0.2, 0.25) is 0 Å². The van der Waals surface area contributed by atoms with Crippen molar-refractivity contribution in [1.29, 1.82) is 0 Å². The van der Waals surface area contributed by atoms with Crippen molar-refractivity contribution in [1.82, 2.24) is 4.98 Å². The summed E-state index contributed by atoms with van der Waals surface area (Å²) in [5.41, 5.74) is 17.2. The van der Waals surface area contributed by atoms with Crippen LogP contribution in [-0.2, 0) is 60.2 Å². The van der Waals surface area contributed by atoms with Crippen molar-refractivity contribution in [2.75, 3.05) is 20.2 Å². The maximum atomic E-state index is 11.5. The molecule has 2 aromatic heterocycles. The Hall–Kier alpha value is -6.20. The van der Waals surface area contributed by atoms with Gasteiger partial charge in [0.2, 0.25) is 0 Å². The number of carboxylic acids is 2. The summed E-state index contributed by atoms with van der Waals surface area (Å²) in [6.07, 6.45) is 21.8. The van der Waals surface area contributed by atoms with Crippen LogP contribution < -0.4 is 16.0 Å². The lowest BCUT2D eigenvalue weighted by molar-refractivity contribution is -0.697. The Bertz CT molecular complexity index is 2640. The van der Waals surface area contributed by atoms with Crippen molar-refractivity contribution >= 4 is 53.2 Å². The third-order valence-corrected chi connectivity index (χ3v) is 17.9. The molecule has 4 heterocycles. The van der Waals surface area contributed by atoms with Crippen molar-refractivity contribution in [3.05, 3.63) is 131 Å². The van der Waals surface area contributed by atoms with Gasteiger partial charge in [0.25, 0.3) is 0 Å². The number of hydrogen-bond donors (Lipinski definition) is 4. The fourth-order valence-corrected chi connectivity index (χ4v) is 9.98. The molecule has 2 aliphatic rings. The number of cyclic esters (lactones) is 4. The van der Waals surface area contributed by atoms with Crippen LogP contribution in [0.5, 0.6) is 0 Å². The van der Waals surface area contributed by atoms with Gasteiger partial charge in [0.05, 0.1) is 35.7 Å². The third kappa shape index (κ3) is 41.1. The zero-order valence-corrected chi connectivity index (χ0v) is 59.3. The Morgan fingerprint density at radius 1 is 0.604 bits per heavy atom. The number of aromatic nitrogens is 2. The topological polar surface area (TPSA) is 256 Å². The van der Waals surface area contributed by atoms with Crippen LogP contribution in [0.4, 0.5) is 0 Å². The van der Waals surface area contributed by atoms with Crippen LogP contribution in [0.3, 0.4) is 0 Å². The average Bonchev–Trinajstić information content (AvgIpc) is 1.76. The highest BCUT2D eigenvalue weighted by atomic mass is 35.5. The van der Waals surface area contributed by atoms with Gasteiger partial charge in [-0.2, -0.15) is 0 Å². The lowest BCUT2D eigenvalue weighted by Crippen LogP contribution is -2.32. The zero-order chi connectivity index (χ0) is 69.7. The summed E-state index contributed by atoms with van der Waals surface area (Å²) in [5, 5.41) is 16.8. The first-order chi connectivity index (χ1) is 43.7. The molecule has 0 bridgehead atoms. The van der Waals surface area contributed by atoms with E-state index in [1.165, 1.54) is 40.7 Å². The Balaban J connectivity index is -0.000000350. The first-order valence-corrected chi connectivity index (χ1v) is 34.2. The Kier molecular flexibility index (Phi) is 59.3. The highest BCUT2D eigenvalue weighted by Crippen LogP contribution is 2.34. The number of carboxylic acid groups (broad SMARTS) is 2. The van der Waals surface area contributed by atoms with Gasteiger partial charge in [-0.25, -0.2) is 4.57 Å². The molecule has 0 amide bonds. The molecule has 2 fully saturated rings. The third-order valence-electron chi connectivity index (χ3n) is 17.5. The fourth-order valence-electron chi connectivity index (χ4n) is 9.80. The number of ether oxygens (including phenoxy) is 3. The van der Waals surface area contributed by atoms with Gasteiger partial charge in [-0.05, 0) is 167 Å². The molecule has 2 saturated heterocycles. The number of carbonyl (C=O) groups excluding carboxylic acids is 5. The average molecular weight is 1370 g/mol. The van der Waals surface area contributed by atoms with Crippen LogP contribution >= 0.6 is 11.6 Å². The summed E-state index contributed by atoms with van der Waals surface area (Å²) in [4.78, 5) is 80.4. The van der Waals surface area contributed by atoms with Crippen LogP contribution in [-0.4, -0.2) is 83.1 Å². The smallest absolute Gasteiger partial charge is 0.317 e. The number of halogens is 1. The second-order valence-electron chi connectivity index (χ2n) is 24.8. The molecule has 548 valence electrons. The quantitative estimate of drug-likeness (QED) is 0.0124. The van der Waals surface area contributed by atoms with Gasteiger partial charge >= 0.3 is 35.8 Å². The van der Waals surface area contributed by atoms with E-state index in [1.54, 1.807) is 34.8 Å². The Labute approximate surface area is 587 Å². The number of pyridine rings is 2. The number of unbranched alkanes of at least 4 members (excludes halogenated alkanes) is 3. The molecule has 2 aliphatic heterocycles. The number of esters is 4. The van der Waals surface area contributed by atoms with Crippen LogP contribution in [0, 0.1) is 41.4 Å². The monoisotopic (exact) mass is 1370 g/mol. The molecule has 17 heteroatoms. The molecule has 16 nitrogen and oxygen atoms in total. The number of nitrogens with zero attached hydrogens (tertiary/aromatic N) is 2. The number of alkyl halides is 1. The second-order valence-corrected chi connectivity index (χ2v) is 25.0. The minimum absolute atomic E-state index is 0. The number of rotatable bonds is 30. The molecule has 2 aromatic carbocycles. The van der Waals surface area contributed by atoms with Gasteiger partial charge in [-0.3, -0.25) is 38.5 Å². The molecular formula is C79H134ClN4O12+. The van der Waals surface area contributed by atoms with Crippen LogP contribution in [0.15, 0.2) is 104 Å². The Morgan fingerprint density at radius 3 is 1.51 bits per heavy atom. The lowest BCUT2D eigenvalue weighted by Gasteiger charge is -2.20. The number of benzene rings is 2. The minimum atomic E-state index is -0.706. The SMILES string of the molecule is C.C.C.C.CC(CC1C(=O)OC(=O)C1C)c1ccccc1.CCC(C)C(=O)O.CCC(C)CN.CCC(C)c1ccc(CCl)cc1.CCC(CC(C)c1ccncc1)c1cc[n+](CCCCCC(=O)O)cc1.CCC(CCCCN)C(C)=O.COC(C)CC1C(=O)OC(=O)C1C. The number of ketones is 1. The largest absolute Gasteiger partial charge is 0.481 e. The lowest BCUT2D eigenvalue weighted by atomic mass is 9.85. The number of aliphatic carboxylic acids is 2. The van der Waals surface area contributed by atoms with E-state index >= 15 is 0 Å². The van der Waals surface area contributed by atoms with Crippen molar-refractivity contribution in [3.63, 3.8) is 0 Å². The molecular weight excluding hydrogens is 1230 g/mol. The van der Waals surface area contributed by atoms with E-state index in [1.807, 2.05) is 56.6 Å². The highest BCUT2D eigenvalue weighted by Gasteiger charge is 2.42. The van der Waals surface area contributed by atoms with E-state index < -0.39 is 23.9 Å². The first kappa shape index (κ1) is 98.5. The Morgan fingerprint density at radius 2 is 1.12 bits per heavy atom. The molecule has 0 saturated carbocycles. The highest BCUT2D eigenvalue weighted by molar-refractivity contribution is 6.17. The minimum Gasteiger partial charge on any atom is -0.481 e. The number of nitrogens with two attached hydrogens (primary N) is 2. The van der Waals surface area contributed by atoms with Crippen LogP contribution in [0.1, 0.15) is 274 Å². The molecule has 12 atom stereocenters. The van der Waals surface area contributed by atoms with Gasteiger partial charge in [0.15, 0.2) is 12.4 Å².